The lowest BCUT2D eigenvalue weighted by molar-refractivity contribution is 0.146. The molecule has 1 amide bonds. The van der Waals surface area contributed by atoms with Crippen LogP contribution in [0, 0.1) is 0 Å². The summed E-state index contributed by atoms with van der Waals surface area (Å²) in [5, 5.41) is 2.23. The maximum absolute atomic E-state index is 10.9. The van der Waals surface area contributed by atoms with Crippen molar-refractivity contribution >= 4 is 69.5 Å². The molecule has 0 aromatic carbocycles. The molecule has 0 aliphatic carbocycles. The summed E-state index contributed by atoms with van der Waals surface area (Å²) < 4.78 is 17.9. The Morgan fingerprint density at radius 3 is 2.31 bits per heavy atom. The van der Waals surface area contributed by atoms with Crippen LogP contribution >= 0.6 is 63.4 Å². The van der Waals surface area contributed by atoms with Crippen LogP contribution in [0.3, 0.4) is 0 Å². The van der Waals surface area contributed by atoms with Gasteiger partial charge in [-0.15, -0.1) is 0 Å². The summed E-state index contributed by atoms with van der Waals surface area (Å²) in [5.41, 5.74) is 0. The van der Waals surface area contributed by atoms with Crippen LogP contribution < -0.4 is 5.32 Å². The highest BCUT2D eigenvalue weighted by molar-refractivity contribution is 8.05. The van der Waals surface area contributed by atoms with Crippen LogP contribution in [0.1, 0.15) is 0 Å². The fraction of sp³-hybridized carbons (Fsp3) is 0.800. The number of rotatable bonds is 5. The highest BCUT2D eigenvalue weighted by atomic mass is 35.9. The minimum Gasteiger partial charge on any atom is -0.445 e. The maximum atomic E-state index is 10.9. The second-order valence-electron chi connectivity index (χ2n) is 2.37. The Morgan fingerprint density at radius 1 is 1.31 bits per heavy atom. The van der Waals surface area contributed by atoms with Crippen molar-refractivity contribution < 1.29 is 18.6 Å². The number of hydrogen-bond donors (Lipinski definition) is 1. The fourth-order valence-corrected chi connectivity index (χ4v) is 1.38. The number of nitrogens with one attached hydrogen (secondary N) is 1. The second-order valence-corrected chi connectivity index (χ2v) is 9.16. The van der Waals surface area contributed by atoms with Gasteiger partial charge in [-0.2, -0.15) is 0 Å². The number of halogens is 5. The van der Waals surface area contributed by atoms with Crippen LogP contribution in [-0.2, 0) is 13.8 Å². The van der Waals surface area contributed by atoms with Crippen molar-refractivity contribution in [1.29, 1.82) is 0 Å². The molecular weight excluding hydrogens is 346 g/mol. The molecule has 16 heavy (non-hydrogen) atoms. The first-order valence-electron chi connectivity index (χ1n) is 3.71. The van der Waals surface area contributed by atoms with E-state index >= 15 is 0 Å². The zero-order valence-electron chi connectivity index (χ0n) is 7.59. The standard InChI is InChI=1S/C5H7Cl5NO4P/c6-5(7,8)3-14-4(12)11-1-2-15-16(9,10)13/h1-3H2,(H,11,12). The molecule has 11 heteroatoms. The van der Waals surface area contributed by atoms with E-state index in [2.05, 4.69) is 14.6 Å². The number of alkyl halides is 3. The summed E-state index contributed by atoms with van der Waals surface area (Å²) >= 11 is 26.1. The Morgan fingerprint density at radius 2 is 1.88 bits per heavy atom. The summed E-state index contributed by atoms with van der Waals surface area (Å²) in [4.78, 5) is 10.9. The Bertz CT molecular complexity index is 276. The van der Waals surface area contributed by atoms with Gasteiger partial charge in [0.15, 0.2) is 0 Å². The molecule has 96 valence electrons. The van der Waals surface area contributed by atoms with Gasteiger partial charge in [-0.05, 0) is 22.5 Å². The Labute approximate surface area is 117 Å². The molecule has 0 rings (SSSR count). The predicted molar refractivity (Wildman–Crippen MR) is 64.9 cm³/mol. The van der Waals surface area contributed by atoms with Crippen molar-refractivity contribution in [3.05, 3.63) is 0 Å². The van der Waals surface area contributed by atoms with Crippen molar-refractivity contribution in [2.24, 2.45) is 0 Å². The summed E-state index contributed by atoms with van der Waals surface area (Å²) in [6.07, 6.45) is -4.39. The molecular formula is C5H7Cl5NO4P. The summed E-state index contributed by atoms with van der Waals surface area (Å²) in [6, 6.07) is 0. The van der Waals surface area contributed by atoms with Crippen molar-refractivity contribution in [3.63, 3.8) is 0 Å². The van der Waals surface area contributed by atoms with E-state index in [0.717, 1.165) is 0 Å². The third-order valence-corrected chi connectivity index (χ3v) is 2.38. The van der Waals surface area contributed by atoms with Gasteiger partial charge in [-0.25, -0.2) is 4.79 Å². The monoisotopic (exact) mass is 351 g/mol. The van der Waals surface area contributed by atoms with Crippen LogP contribution in [0.2, 0.25) is 0 Å². The van der Waals surface area contributed by atoms with Gasteiger partial charge in [0.25, 0.3) is 0 Å². The molecule has 0 aliphatic heterocycles. The lowest BCUT2D eigenvalue weighted by Crippen LogP contribution is -2.30. The Balaban J connectivity index is 3.56. The van der Waals surface area contributed by atoms with Crippen LogP contribution in [0.25, 0.3) is 0 Å². The SMILES string of the molecule is O=C(NCCOP(=O)(Cl)Cl)OCC(Cl)(Cl)Cl. The molecule has 0 fully saturated rings. The van der Waals surface area contributed by atoms with Crippen molar-refractivity contribution in [3.8, 4) is 0 Å². The largest absolute Gasteiger partial charge is 0.445 e. The van der Waals surface area contributed by atoms with E-state index in [9.17, 15) is 9.36 Å². The van der Waals surface area contributed by atoms with Crippen molar-refractivity contribution in [2.75, 3.05) is 19.8 Å². The van der Waals surface area contributed by atoms with Crippen molar-refractivity contribution in [1.82, 2.24) is 5.32 Å². The summed E-state index contributed by atoms with van der Waals surface area (Å²) in [7, 11) is 0. The summed E-state index contributed by atoms with van der Waals surface area (Å²) in [5.74, 6) is 0. The Hall–Kier alpha value is 0.910. The molecule has 0 radical (unpaired) electrons. The zero-order chi connectivity index (χ0) is 12.8. The molecule has 0 aromatic rings. The highest BCUT2D eigenvalue weighted by Crippen LogP contribution is 2.57. The first kappa shape index (κ1) is 16.9. The van der Waals surface area contributed by atoms with Crippen LogP contribution in [-0.4, -0.2) is 29.6 Å². The average Bonchev–Trinajstić information content (AvgIpc) is 2.06. The molecule has 0 atom stereocenters. The number of alkyl carbamates (subject to hydrolysis) is 1. The molecule has 0 heterocycles. The first-order valence-corrected chi connectivity index (χ1v) is 8.28. The molecule has 0 saturated heterocycles. The number of carbonyl (C=O) groups excluding carboxylic acids is 1. The van der Waals surface area contributed by atoms with E-state index in [0.29, 0.717) is 0 Å². The van der Waals surface area contributed by atoms with Gasteiger partial charge in [0, 0.05) is 6.54 Å². The normalized spacial score (nSPS) is 12.3. The Kier molecular flexibility index (Phi) is 7.79. The van der Waals surface area contributed by atoms with Gasteiger partial charge in [0.2, 0.25) is 3.79 Å². The highest BCUT2D eigenvalue weighted by Gasteiger charge is 2.22. The lowest BCUT2D eigenvalue weighted by Gasteiger charge is -2.12. The van der Waals surface area contributed by atoms with Gasteiger partial charge < -0.3 is 14.6 Å². The van der Waals surface area contributed by atoms with Gasteiger partial charge >= 0.3 is 12.2 Å². The van der Waals surface area contributed by atoms with Gasteiger partial charge in [-0.1, -0.05) is 34.8 Å². The van der Waals surface area contributed by atoms with E-state index in [1.807, 2.05) is 0 Å². The third kappa shape index (κ3) is 13.0. The third-order valence-electron chi connectivity index (χ3n) is 0.980. The molecule has 0 aromatic heterocycles. The maximum Gasteiger partial charge on any atom is 0.407 e. The molecule has 5 nitrogen and oxygen atoms in total. The van der Waals surface area contributed by atoms with Crippen molar-refractivity contribution in [2.45, 2.75) is 3.79 Å². The number of ether oxygens (including phenoxy) is 1. The second kappa shape index (κ2) is 7.37. The zero-order valence-corrected chi connectivity index (χ0v) is 12.3. The fourth-order valence-electron chi connectivity index (χ4n) is 0.503. The van der Waals surface area contributed by atoms with Crippen LogP contribution in [0.5, 0.6) is 0 Å². The molecule has 0 bridgehead atoms. The van der Waals surface area contributed by atoms with E-state index in [-0.39, 0.29) is 13.2 Å². The van der Waals surface area contributed by atoms with E-state index in [1.165, 1.54) is 0 Å². The average molecular weight is 353 g/mol. The smallest absolute Gasteiger partial charge is 0.407 e. The quantitative estimate of drug-likeness (QED) is 0.465. The summed E-state index contributed by atoms with van der Waals surface area (Å²) in [6.45, 7) is -0.525. The van der Waals surface area contributed by atoms with E-state index in [1.54, 1.807) is 0 Å². The molecule has 0 aliphatic rings. The number of carbonyl (C=O) groups is 1. The van der Waals surface area contributed by atoms with E-state index < -0.39 is 22.6 Å². The number of amides is 1. The lowest BCUT2D eigenvalue weighted by atomic mass is 10.7. The minimum atomic E-state index is -3.58. The van der Waals surface area contributed by atoms with E-state index in [4.69, 9.17) is 57.3 Å². The minimum absolute atomic E-state index is 0.00210. The van der Waals surface area contributed by atoms with Crippen LogP contribution in [0.4, 0.5) is 4.79 Å². The molecule has 0 spiro atoms. The van der Waals surface area contributed by atoms with Gasteiger partial charge in [-0.3, -0.25) is 4.57 Å². The van der Waals surface area contributed by atoms with Gasteiger partial charge in [0.1, 0.15) is 6.61 Å². The molecule has 0 unspecified atom stereocenters. The topological polar surface area (TPSA) is 64.6 Å². The number of hydrogen-bond acceptors (Lipinski definition) is 4. The predicted octanol–water partition coefficient (Wildman–Crippen LogP) is 3.69. The van der Waals surface area contributed by atoms with Crippen LogP contribution in [0.15, 0.2) is 0 Å². The van der Waals surface area contributed by atoms with Gasteiger partial charge in [0.05, 0.1) is 6.61 Å². The molecule has 0 saturated carbocycles. The molecule has 1 N–H and O–H groups in total. The first-order chi connectivity index (χ1) is 7.10.